The van der Waals surface area contributed by atoms with Gasteiger partial charge in [-0.05, 0) is 48.9 Å². The molecule has 1 N–H and O–H groups in total. The first-order valence-electron chi connectivity index (χ1n) is 7.80. The van der Waals surface area contributed by atoms with Gasteiger partial charge in [-0.3, -0.25) is 4.79 Å². The molecule has 3 aromatic rings. The number of rotatable bonds is 5. The third-order valence-corrected chi connectivity index (χ3v) is 7.37. The van der Waals surface area contributed by atoms with Crippen LogP contribution in [0.15, 0.2) is 69.8 Å². The molecule has 0 radical (unpaired) electrons. The maximum Gasteiger partial charge on any atom is 0.261 e. The summed E-state index contributed by atoms with van der Waals surface area (Å²) in [6.07, 6.45) is 0. The van der Waals surface area contributed by atoms with Gasteiger partial charge in [-0.25, -0.2) is 8.42 Å². The Labute approximate surface area is 161 Å². The molecule has 0 fully saturated rings. The molecule has 2 aromatic carbocycles. The molecule has 0 saturated carbocycles. The van der Waals surface area contributed by atoms with Crippen molar-refractivity contribution in [1.29, 1.82) is 0 Å². The summed E-state index contributed by atoms with van der Waals surface area (Å²) in [5.74, 6) is -0.310. The molecule has 0 saturated heterocycles. The minimum absolute atomic E-state index is 0.151. The Kier molecular flexibility index (Phi) is 5.46. The Hall–Kier alpha value is -2.15. The van der Waals surface area contributed by atoms with Gasteiger partial charge in [0.05, 0.1) is 9.77 Å². The molecule has 0 atom stereocenters. The minimum atomic E-state index is -3.62. The van der Waals surface area contributed by atoms with E-state index in [1.54, 1.807) is 36.4 Å². The van der Waals surface area contributed by atoms with Crippen LogP contribution in [-0.4, -0.2) is 14.3 Å². The van der Waals surface area contributed by atoms with Crippen molar-refractivity contribution >= 4 is 38.7 Å². The molecular weight excluding hydrogens is 390 g/mol. The predicted molar refractivity (Wildman–Crippen MR) is 104 cm³/mol. The fourth-order valence-corrected chi connectivity index (χ4v) is 5.04. The zero-order valence-corrected chi connectivity index (χ0v) is 16.3. The van der Waals surface area contributed by atoms with Crippen molar-refractivity contribution < 1.29 is 13.2 Å². The highest BCUT2D eigenvalue weighted by atomic mass is 35.5. The first-order valence-corrected chi connectivity index (χ1v) is 10.5. The molecule has 4 nitrogen and oxygen atoms in total. The fraction of sp³-hybridized carbons (Fsp3) is 0.105. The minimum Gasteiger partial charge on any atom is -0.347 e. The van der Waals surface area contributed by atoms with Crippen LogP contribution >= 0.6 is 22.9 Å². The molecule has 3 rings (SSSR count). The van der Waals surface area contributed by atoms with Crippen LogP contribution in [0.3, 0.4) is 0 Å². The number of halogens is 1. The molecule has 134 valence electrons. The van der Waals surface area contributed by atoms with Gasteiger partial charge in [0.2, 0.25) is 9.84 Å². The number of aryl methyl sites for hydroxylation is 1. The van der Waals surface area contributed by atoms with E-state index in [-0.39, 0.29) is 15.0 Å². The molecule has 0 spiro atoms. The average molecular weight is 406 g/mol. The van der Waals surface area contributed by atoms with Crippen LogP contribution in [0.2, 0.25) is 5.02 Å². The number of hydrogen-bond donors (Lipinski definition) is 1. The topological polar surface area (TPSA) is 63.2 Å². The summed E-state index contributed by atoms with van der Waals surface area (Å²) in [5.41, 5.74) is 1.89. The van der Waals surface area contributed by atoms with E-state index in [2.05, 4.69) is 5.32 Å². The smallest absolute Gasteiger partial charge is 0.261 e. The molecule has 0 aliphatic carbocycles. The first kappa shape index (κ1) is 18.6. The van der Waals surface area contributed by atoms with Crippen LogP contribution in [-0.2, 0) is 16.4 Å². The van der Waals surface area contributed by atoms with Gasteiger partial charge >= 0.3 is 0 Å². The van der Waals surface area contributed by atoms with Gasteiger partial charge in [0.1, 0.15) is 4.21 Å². The predicted octanol–water partition coefficient (Wildman–Crippen LogP) is 4.47. The number of nitrogens with one attached hydrogen (secondary N) is 1. The van der Waals surface area contributed by atoms with Crippen molar-refractivity contribution in [1.82, 2.24) is 5.32 Å². The van der Waals surface area contributed by atoms with Gasteiger partial charge in [-0.2, -0.15) is 0 Å². The second kappa shape index (κ2) is 7.61. The third kappa shape index (κ3) is 4.15. The Morgan fingerprint density at radius 3 is 2.31 bits per heavy atom. The number of benzene rings is 2. The maximum absolute atomic E-state index is 12.7. The lowest BCUT2D eigenvalue weighted by atomic mass is 10.2. The third-order valence-electron chi connectivity index (χ3n) is 3.77. The molecule has 0 unspecified atom stereocenters. The summed E-state index contributed by atoms with van der Waals surface area (Å²) in [6.45, 7) is 2.23. The van der Waals surface area contributed by atoms with Crippen LogP contribution in [0.4, 0.5) is 0 Å². The standard InChI is InChI=1S/C19H16ClNO3S2/c1-13-2-8-16(9-3-13)26(23,24)18-11-10-17(25-18)19(22)21-12-14-4-6-15(20)7-5-14/h2-11H,12H2,1H3,(H,21,22). The van der Waals surface area contributed by atoms with Crippen molar-refractivity contribution in [3.63, 3.8) is 0 Å². The van der Waals surface area contributed by atoms with E-state index in [1.807, 2.05) is 19.1 Å². The van der Waals surface area contributed by atoms with Crippen molar-refractivity contribution in [3.05, 3.63) is 81.7 Å². The van der Waals surface area contributed by atoms with Crippen LogP contribution in [0.5, 0.6) is 0 Å². The Balaban J connectivity index is 1.73. The number of hydrogen-bond acceptors (Lipinski definition) is 4. The van der Waals surface area contributed by atoms with E-state index in [0.29, 0.717) is 16.4 Å². The summed E-state index contributed by atoms with van der Waals surface area (Å²) in [6, 6.07) is 16.8. The second-order valence-electron chi connectivity index (χ2n) is 5.74. The van der Waals surface area contributed by atoms with E-state index < -0.39 is 9.84 Å². The monoisotopic (exact) mass is 405 g/mol. The molecule has 1 heterocycles. The van der Waals surface area contributed by atoms with Crippen molar-refractivity contribution in [3.8, 4) is 0 Å². The Morgan fingerprint density at radius 1 is 1.00 bits per heavy atom. The molecule has 0 aliphatic rings. The average Bonchev–Trinajstić information content (AvgIpc) is 3.12. The lowest BCUT2D eigenvalue weighted by Crippen LogP contribution is -2.21. The van der Waals surface area contributed by atoms with E-state index in [0.717, 1.165) is 22.5 Å². The number of thiophene rings is 1. The molecule has 0 bridgehead atoms. The summed E-state index contributed by atoms with van der Waals surface area (Å²) >= 11 is 6.80. The van der Waals surface area contributed by atoms with Crippen molar-refractivity contribution in [2.24, 2.45) is 0 Å². The molecule has 26 heavy (non-hydrogen) atoms. The molecule has 7 heteroatoms. The second-order valence-corrected chi connectivity index (χ2v) is 9.44. The molecule has 1 aromatic heterocycles. The highest BCUT2D eigenvalue weighted by Crippen LogP contribution is 2.28. The number of carbonyl (C=O) groups excluding carboxylic acids is 1. The lowest BCUT2D eigenvalue weighted by Gasteiger charge is -2.04. The van der Waals surface area contributed by atoms with Gasteiger partial charge in [0.15, 0.2) is 0 Å². The summed E-state index contributed by atoms with van der Waals surface area (Å²) in [7, 11) is -3.62. The first-order chi connectivity index (χ1) is 12.4. The Bertz CT molecular complexity index is 1020. The number of sulfone groups is 1. The van der Waals surface area contributed by atoms with E-state index in [1.165, 1.54) is 12.1 Å². The summed E-state index contributed by atoms with van der Waals surface area (Å²) < 4.78 is 25.5. The van der Waals surface area contributed by atoms with Gasteiger partial charge in [0.25, 0.3) is 5.91 Å². The van der Waals surface area contributed by atoms with Crippen molar-refractivity contribution in [2.45, 2.75) is 22.6 Å². The van der Waals surface area contributed by atoms with Crippen molar-refractivity contribution in [2.75, 3.05) is 0 Å². The zero-order chi connectivity index (χ0) is 18.7. The van der Waals surface area contributed by atoms with Crippen LogP contribution in [0.25, 0.3) is 0 Å². The van der Waals surface area contributed by atoms with Gasteiger partial charge < -0.3 is 5.32 Å². The van der Waals surface area contributed by atoms with Gasteiger partial charge in [-0.1, -0.05) is 41.4 Å². The fourth-order valence-electron chi connectivity index (χ4n) is 2.29. The SMILES string of the molecule is Cc1ccc(S(=O)(=O)c2ccc(C(=O)NCc3ccc(Cl)cc3)s2)cc1. The lowest BCUT2D eigenvalue weighted by molar-refractivity contribution is 0.0955. The number of carbonyl (C=O) groups is 1. The highest BCUT2D eigenvalue weighted by molar-refractivity contribution is 7.93. The maximum atomic E-state index is 12.7. The molecule has 0 aliphatic heterocycles. The zero-order valence-electron chi connectivity index (χ0n) is 13.9. The van der Waals surface area contributed by atoms with Crippen LogP contribution in [0.1, 0.15) is 20.8 Å². The molecular formula is C19H16ClNO3S2. The quantitative estimate of drug-likeness (QED) is 0.681. The summed E-state index contributed by atoms with van der Waals surface area (Å²) in [5, 5.41) is 3.41. The Morgan fingerprint density at radius 2 is 1.65 bits per heavy atom. The largest absolute Gasteiger partial charge is 0.347 e. The normalized spacial score (nSPS) is 11.3. The molecule has 1 amide bonds. The van der Waals surface area contributed by atoms with E-state index in [9.17, 15) is 13.2 Å². The van der Waals surface area contributed by atoms with Crippen LogP contribution in [0, 0.1) is 6.92 Å². The van der Waals surface area contributed by atoms with Gasteiger partial charge in [0, 0.05) is 11.6 Å². The van der Waals surface area contributed by atoms with Gasteiger partial charge in [-0.15, -0.1) is 11.3 Å². The summed E-state index contributed by atoms with van der Waals surface area (Å²) in [4.78, 5) is 12.9. The highest BCUT2D eigenvalue weighted by Gasteiger charge is 2.21. The number of amides is 1. The van der Waals surface area contributed by atoms with E-state index in [4.69, 9.17) is 11.6 Å². The van der Waals surface area contributed by atoms with Crippen LogP contribution < -0.4 is 5.32 Å². The van der Waals surface area contributed by atoms with E-state index >= 15 is 0 Å².